The van der Waals surface area contributed by atoms with Crippen molar-refractivity contribution in [3.05, 3.63) is 0 Å². The summed E-state index contributed by atoms with van der Waals surface area (Å²) in [5.41, 5.74) is 0. The molecule has 1 aliphatic heterocycles. The average Bonchev–Trinajstić information content (AvgIpc) is 2.11. The van der Waals surface area contributed by atoms with Crippen molar-refractivity contribution in [2.45, 2.75) is 25.8 Å². The quantitative estimate of drug-likeness (QED) is 0.609. The van der Waals surface area contributed by atoms with Gasteiger partial charge in [-0.15, -0.1) is 0 Å². The van der Waals surface area contributed by atoms with Gasteiger partial charge in [0.1, 0.15) is 0 Å². The molecule has 0 saturated carbocycles. The predicted octanol–water partition coefficient (Wildman–Crippen LogP) is 0.262. The van der Waals surface area contributed by atoms with Crippen LogP contribution in [0, 0.1) is 0 Å². The maximum absolute atomic E-state index is 10.9. The van der Waals surface area contributed by atoms with Gasteiger partial charge in [-0.25, -0.2) is 0 Å². The molecule has 0 aliphatic carbocycles. The molecule has 5 heteroatoms. The van der Waals surface area contributed by atoms with E-state index in [2.05, 4.69) is 15.2 Å². The first-order chi connectivity index (χ1) is 4.52. The van der Waals surface area contributed by atoms with Crippen LogP contribution in [0.25, 0.3) is 0 Å². The van der Waals surface area contributed by atoms with Crippen LogP contribution >= 0.6 is 0 Å². The maximum atomic E-state index is 10.9. The molecule has 0 bridgehead atoms. The Morgan fingerprint density at radius 3 is 2.40 bits per heavy atom. The molecule has 1 rings (SSSR count). The summed E-state index contributed by atoms with van der Waals surface area (Å²) in [6, 6.07) is 0.186. The van der Waals surface area contributed by atoms with E-state index in [1.165, 1.54) is 4.31 Å². The standard InChI is InChI=1S/C5H10NO2S.Cr/c1-5-3-2-4-6(5)9(7)8;/h5H,2-4H2,1H3;. The van der Waals surface area contributed by atoms with Crippen LogP contribution in [0.2, 0.25) is 0 Å². The first-order valence-corrected chi connectivity index (χ1v) is 6.17. The third kappa shape index (κ3) is 1.73. The summed E-state index contributed by atoms with van der Waals surface area (Å²) in [7, 11) is -3.04. The molecule has 10 heavy (non-hydrogen) atoms. The summed E-state index contributed by atoms with van der Waals surface area (Å²) < 4.78 is 23.3. The molecule has 0 radical (unpaired) electrons. The first kappa shape index (κ1) is 8.54. The van der Waals surface area contributed by atoms with E-state index in [9.17, 15) is 8.42 Å². The normalized spacial score (nSPS) is 29.1. The van der Waals surface area contributed by atoms with Crippen LogP contribution in [0.15, 0.2) is 0 Å². The molecule has 0 spiro atoms. The molecule has 1 heterocycles. The van der Waals surface area contributed by atoms with Crippen LogP contribution in [0.1, 0.15) is 19.8 Å². The summed E-state index contributed by atoms with van der Waals surface area (Å²) in [6.07, 6.45) is 1.98. The fourth-order valence-electron chi connectivity index (χ4n) is 1.24. The summed E-state index contributed by atoms with van der Waals surface area (Å²) in [4.78, 5) is 0. The second kappa shape index (κ2) is 2.82. The van der Waals surface area contributed by atoms with Gasteiger partial charge in [-0.1, -0.05) is 0 Å². The molecule has 0 aromatic carbocycles. The van der Waals surface area contributed by atoms with Crippen molar-refractivity contribution in [3.63, 3.8) is 0 Å². The van der Waals surface area contributed by atoms with Crippen LogP contribution in [0.3, 0.4) is 0 Å². The molecule has 59 valence electrons. The van der Waals surface area contributed by atoms with Crippen molar-refractivity contribution >= 4 is 8.39 Å². The van der Waals surface area contributed by atoms with E-state index in [1.807, 2.05) is 6.92 Å². The number of nitrogens with zero attached hydrogens (tertiary/aromatic N) is 1. The van der Waals surface area contributed by atoms with Crippen LogP contribution in [0.5, 0.6) is 0 Å². The van der Waals surface area contributed by atoms with Crippen molar-refractivity contribution in [3.8, 4) is 0 Å². The molecule has 1 unspecified atom stereocenters. The topological polar surface area (TPSA) is 37.4 Å². The molecule has 1 atom stereocenters. The summed E-state index contributed by atoms with van der Waals surface area (Å²) in [5, 5.41) is 0. The molecular weight excluding hydrogens is 190 g/mol. The van der Waals surface area contributed by atoms with E-state index in [0.29, 0.717) is 6.54 Å². The van der Waals surface area contributed by atoms with E-state index in [-0.39, 0.29) is 6.04 Å². The molecule has 3 nitrogen and oxygen atoms in total. The van der Waals surface area contributed by atoms with Crippen molar-refractivity contribution in [2.75, 3.05) is 6.54 Å². The van der Waals surface area contributed by atoms with Gasteiger partial charge in [0.15, 0.2) is 0 Å². The number of hydrogen-bond donors (Lipinski definition) is 0. The second-order valence-corrected chi connectivity index (χ2v) is 5.86. The van der Waals surface area contributed by atoms with E-state index >= 15 is 0 Å². The Labute approximate surface area is 68.9 Å². The van der Waals surface area contributed by atoms with Crippen molar-refractivity contribution in [1.29, 1.82) is 0 Å². The molecule has 1 saturated heterocycles. The van der Waals surface area contributed by atoms with Gasteiger partial charge in [0, 0.05) is 0 Å². The Hall–Kier alpha value is 0.442. The van der Waals surface area contributed by atoms with Crippen molar-refractivity contribution in [1.82, 2.24) is 4.31 Å². The zero-order valence-corrected chi connectivity index (χ0v) is 7.87. The third-order valence-electron chi connectivity index (χ3n) is 1.78. The summed E-state index contributed by atoms with van der Waals surface area (Å²) >= 11 is 2.19. The van der Waals surface area contributed by atoms with Gasteiger partial charge in [-0.2, -0.15) is 0 Å². The van der Waals surface area contributed by atoms with Gasteiger partial charge in [-0.05, 0) is 0 Å². The minimum absolute atomic E-state index is 0.186. The average molecular weight is 200 g/mol. The Kier molecular flexibility index (Phi) is 2.41. The van der Waals surface area contributed by atoms with E-state index < -0.39 is 8.39 Å². The van der Waals surface area contributed by atoms with Crippen molar-refractivity contribution in [2.24, 2.45) is 0 Å². The summed E-state index contributed by atoms with van der Waals surface area (Å²) in [5.74, 6) is 0. The molecule has 0 amide bonds. The fraction of sp³-hybridized carbons (Fsp3) is 1.00. The minimum atomic E-state index is -3.04. The predicted molar refractivity (Wildman–Crippen MR) is 34.3 cm³/mol. The Morgan fingerprint density at radius 1 is 1.60 bits per heavy atom. The van der Waals surface area contributed by atoms with E-state index in [4.69, 9.17) is 0 Å². The number of hydrogen-bond acceptors (Lipinski definition) is 2. The van der Waals surface area contributed by atoms with Crippen molar-refractivity contribution < 1.29 is 23.6 Å². The Bertz CT molecular complexity index is 214. The number of rotatable bonds is 1. The Balaban J connectivity index is 2.74. The monoisotopic (exact) mass is 200 g/mol. The van der Waals surface area contributed by atoms with Crippen LogP contribution in [-0.4, -0.2) is 25.3 Å². The second-order valence-electron chi connectivity index (χ2n) is 2.56. The molecule has 1 fully saturated rings. The zero-order valence-electron chi connectivity index (χ0n) is 5.78. The Morgan fingerprint density at radius 2 is 2.20 bits per heavy atom. The van der Waals surface area contributed by atoms with Gasteiger partial charge in [0.2, 0.25) is 0 Å². The van der Waals surface area contributed by atoms with Crippen LogP contribution < -0.4 is 0 Å². The van der Waals surface area contributed by atoms with E-state index in [0.717, 1.165) is 12.8 Å². The van der Waals surface area contributed by atoms with Crippen LogP contribution in [0.4, 0.5) is 0 Å². The molecule has 0 aromatic heterocycles. The molecule has 0 N–H and O–H groups in total. The first-order valence-electron chi connectivity index (χ1n) is 3.24. The van der Waals surface area contributed by atoms with Crippen LogP contribution in [-0.2, 0) is 23.5 Å². The van der Waals surface area contributed by atoms with Gasteiger partial charge >= 0.3 is 68.6 Å². The molecule has 1 aliphatic rings. The van der Waals surface area contributed by atoms with E-state index in [1.54, 1.807) is 0 Å². The third-order valence-corrected chi connectivity index (χ3v) is 3.79. The molecule has 0 aromatic rings. The zero-order chi connectivity index (χ0) is 7.78. The molecular formula is C5H10CrNO2S. The van der Waals surface area contributed by atoms with Gasteiger partial charge in [-0.3, -0.25) is 0 Å². The van der Waals surface area contributed by atoms with Gasteiger partial charge in [0.25, 0.3) is 0 Å². The van der Waals surface area contributed by atoms with Gasteiger partial charge in [0.05, 0.1) is 0 Å². The SMILES string of the molecule is CC1CCCN1[S](=O)(=O)[Cr]. The summed E-state index contributed by atoms with van der Waals surface area (Å²) in [6.45, 7) is 2.61. The van der Waals surface area contributed by atoms with Gasteiger partial charge < -0.3 is 0 Å². The fourth-order valence-corrected chi connectivity index (χ4v) is 3.18.